The molecule has 1 nitrogen and oxygen atoms in total. The largest absolute Gasteiger partial charge is 0.455 e. The Morgan fingerprint density at radius 2 is 0.813 bits per heavy atom. The number of hydrogen-bond acceptors (Lipinski definition) is 1. The molecular formula is C74H52O. The van der Waals surface area contributed by atoms with Crippen LogP contribution in [-0.2, 0) is 11.8 Å². The number of rotatable bonds is 11. The van der Waals surface area contributed by atoms with Gasteiger partial charge >= 0.3 is 0 Å². The molecule has 354 valence electrons. The summed E-state index contributed by atoms with van der Waals surface area (Å²) >= 11 is 0. The zero-order valence-corrected chi connectivity index (χ0v) is 41.5. The van der Waals surface area contributed by atoms with Crippen LogP contribution in [0.15, 0.2) is 290 Å². The third-order valence-corrected chi connectivity index (χ3v) is 16.2. The Morgan fingerprint density at radius 1 is 0.307 bits per heavy atom. The number of fused-ring (bicyclic) bond motifs is 7. The Bertz CT molecular complexity index is 4110. The quantitative estimate of drug-likeness (QED) is 0.126. The Kier molecular flexibility index (Phi) is 11.0. The van der Waals surface area contributed by atoms with Gasteiger partial charge in [-0.25, -0.2) is 0 Å². The summed E-state index contributed by atoms with van der Waals surface area (Å²) in [5.41, 5.74) is 22.6. The number of furan rings is 1. The molecule has 0 spiro atoms. The fourth-order valence-electron chi connectivity index (χ4n) is 12.5. The lowest BCUT2D eigenvalue weighted by Crippen LogP contribution is -2.28. The van der Waals surface area contributed by atoms with Crippen LogP contribution in [0.4, 0.5) is 0 Å². The fourth-order valence-corrected chi connectivity index (χ4v) is 12.5. The van der Waals surface area contributed by atoms with Gasteiger partial charge in [-0.3, -0.25) is 0 Å². The van der Waals surface area contributed by atoms with Crippen molar-refractivity contribution in [3.05, 3.63) is 324 Å². The summed E-state index contributed by atoms with van der Waals surface area (Å²) in [4.78, 5) is 0. The number of benzene rings is 12. The van der Waals surface area contributed by atoms with Crippen LogP contribution < -0.4 is 0 Å². The predicted molar refractivity (Wildman–Crippen MR) is 313 cm³/mol. The molecule has 0 N–H and O–H groups in total. The Hall–Kier alpha value is -9.30. The predicted octanol–water partition coefficient (Wildman–Crippen LogP) is 19.5. The SMILES string of the molecule is c1ccc(-c2ccc(C(CCc3ccc(-c4ccc5c(c4)-c4ccccc4C5(c4ccccc4)c4ccc(-c5cccc6c5oc5ccccc56)cc4)c4ccccc34)c3ccc(-c4ccccc4)cc3)cc2)cc1. The van der Waals surface area contributed by atoms with E-state index in [1.165, 1.54) is 94.2 Å². The highest BCUT2D eigenvalue weighted by Crippen LogP contribution is 2.57. The van der Waals surface area contributed by atoms with Crippen molar-refractivity contribution in [2.24, 2.45) is 0 Å². The molecule has 1 aliphatic rings. The second-order valence-corrected chi connectivity index (χ2v) is 20.2. The van der Waals surface area contributed by atoms with E-state index in [0.29, 0.717) is 0 Å². The third kappa shape index (κ3) is 7.62. The first-order chi connectivity index (χ1) is 37.2. The van der Waals surface area contributed by atoms with Crippen molar-refractivity contribution in [2.45, 2.75) is 24.2 Å². The van der Waals surface area contributed by atoms with E-state index in [1.54, 1.807) is 0 Å². The van der Waals surface area contributed by atoms with Gasteiger partial charge in [0, 0.05) is 22.3 Å². The molecule has 1 heteroatoms. The van der Waals surface area contributed by atoms with Crippen LogP contribution in [0.2, 0.25) is 0 Å². The maximum atomic E-state index is 6.52. The lowest BCUT2D eigenvalue weighted by atomic mass is 9.67. The summed E-state index contributed by atoms with van der Waals surface area (Å²) in [6.45, 7) is 0. The maximum Gasteiger partial charge on any atom is 0.143 e. The molecule has 0 aliphatic heterocycles. The molecule has 12 aromatic carbocycles. The van der Waals surface area contributed by atoms with E-state index in [2.05, 4.69) is 279 Å². The van der Waals surface area contributed by atoms with E-state index in [1.807, 2.05) is 6.07 Å². The average Bonchev–Trinajstić information content (AvgIpc) is 4.12. The second kappa shape index (κ2) is 18.6. The van der Waals surface area contributed by atoms with Gasteiger partial charge in [0.1, 0.15) is 11.2 Å². The number of aryl methyl sites for hydroxylation is 1. The molecule has 1 atom stereocenters. The van der Waals surface area contributed by atoms with E-state index in [9.17, 15) is 0 Å². The van der Waals surface area contributed by atoms with Crippen molar-refractivity contribution in [3.8, 4) is 55.6 Å². The fraction of sp³-hybridized carbons (Fsp3) is 0.0541. The zero-order chi connectivity index (χ0) is 49.7. The van der Waals surface area contributed by atoms with Crippen LogP contribution in [0.5, 0.6) is 0 Å². The molecule has 0 saturated heterocycles. The summed E-state index contributed by atoms with van der Waals surface area (Å²) in [5.74, 6) is 0.224. The minimum atomic E-state index is -0.526. The number of para-hydroxylation sites is 2. The van der Waals surface area contributed by atoms with Gasteiger partial charge in [-0.2, -0.15) is 0 Å². The molecule has 1 unspecified atom stereocenters. The third-order valence-electron chi connectivity index (χ3n) is 16.2. The molecule has 0 saturated carbocycles. The van der Waals surface area contributed by atoms with Gasteiger partial charge in [-0.15, -0.1) is 0 Å². The highest BCUT2D eigenvalue weighted by Gasteiger charge is 2.46. The van der Waals surface area contributed by atoms with Gasteiger partial charge in [0.25, 0.3) is 0 Å². The van der Waals surface area contributed by atoms with Crippen molar-refractivity contribution in [2.75, 3.05) is 0 Å². The number of hydrogen-bond donors (Lipinski definition) is 0. The second-order valence-electron chi connectivity index (χ2n) is 20.2. The van der Waals surface area contributed by atoms with Crippen LogP contribution in [0, 0.1) is 0 Å². The summed E-state index contributed by atoms with van der Waals surface area (Å²) in [7, 11) is 0. The van der Waals surface area contributed by atoms with Crippen molar-refractivity contribution in [1.82, 2.24) is 0 Å². The van der Waals surface area contributed by atoms with E-state index >= 15 is 0 Å². The summed E-state index contributed by atoms with van der Waals surface area (Å²) in [5, 5.41) is 4.87. The standard InChI is InChI=1S/C74H52O/c1-4-17-50(18-5-1)52-31-35-54(36-32-52)61(55-37-33-53(34-38-55)51-19-6-2-7-20-51)46-41-56-42-47-63(65-24-11-10-23-62(56)65)58-43-48-71-69(49-58)66-25-12-14-29-70(66)74(71,59-21-8-3-9-22-59)60-44-39-57(40-45-60)64-27-16-28-68-67-26-13-15-30-72(67)75-73(64)68/h1-40,42-45,47-49,61H,41,46H2. The van der Waals surface area contributed by atoms with E-state index < -0.39 is 5.41 Å². The summed E-state index contributed by atoms with van der Waals surface area (Å²) in [6.07, 6.45) is 1.92. The lowest BCUT2D eigenvalue weighted by Gasteiger charge is -2.34. The summed E-state index contributed by atoms with van der Waals surface area (Å²) < 4.78 is 6.52. The first-order valence-electron chi connectivity index (χ1n) is 26.3. The molecular weight excluding hydrogens is 905 g/mol. The smallest absolute Gasteiger partial charge is 0.143 e. The minimum Gasteiger partial charge on any atom is -0.455 e. The molecule has 1 aliphatic carbocycles. The Morgan fingerprint density at radius 3 is 1.51 bits per heavy atom. The molecule has 1 heterocycles. The summed E-state index contributed by atoms with van der Waals surface area (Å²) in [6, 6.07) is 105. The zero-order valence-electron chi connectivity index (χ0n) is 41.5. The average molecular weight is 957 g/mol. The Balaban J connectivity index is 0.829. The first-order valence-corrected chi connectivity index (χ1v) is 26.3. The highest BCUT2D eigenvalue weighted by molar-refractivity contribution is 6.09. The van der Waals surface area contributed by atoms with E-state index in [0.717, 1.165) is 45.9 Å². The van der Waals surface area contributed by atoms with Crippen molar-refractivity contribution in [3.63, 3.8) is 0 Å². The molecule has 13 aromatic rings. The molecule has 0 amide bonds. The molecule has 75 heavy (non-hydrogen) atoms. The molecule has 1 aromatic heterocycles. The van der Waals surface area contributed by atoms with Crippen molar-refractivity contribution < 1.29 is 4.42 Å². The van der Waals surface area contributed by atoms with Crippen molar-refractivity contribution in [1.29, 1.82) is 0 Å². The molecule has 14 rings (SSSR count). The van der Waals surface area contributed by atoms with Crippen LogP contribution in [0.25, 0.3) is 88.3 Å². The lowest BCUT2D eigenvalue weighted by molar-refractivity contribution is 0.670. The van der Waals surface area contributed by atoms with E-state index in [-0.39, 0.29) is 5.92 Å². The van der Waals surface area contributed by atoms with Crippen molar-refractivity contribution >= 4 is 32.7 Å². The van der Waals surface area contributed by atoms with Gasteiger partial charge in [0.15, 0.2) is 0 Å². The van der Waals surface area contributed by atoms with Gasteiger partial charge in [-0.1, -0.05) is 273 Å². The highest BCUT2D eigenvalue weighted by atomic mass is 16.3. The van der Waals surface area contributed by atoms with Gasteiger partial charge in [0.2, 0.25) is 0 Å². The minimum absolute atomic E-state index is 0.224. The Labute approximate surface area is 438 Å². The molecule has 0 bridgehead atoms. The maximum absolute atomic E-state index is 6.52. The van der Waals surface area contributed by atoms with Crippen LogP contribution in [0.3, 0.4) is 0 Å². The van der Waals surface area contributed by atoms with Gasteiger partial charge < -0.3 is 4.42 Å². The molecule has 0 fully saturated rings. The van der Waals surface area contributed by atoms with Crippen LogP contribution in [0.1, 0.15) is 51.3 Å². The molecule has 0 radical (unpaired) electrons. The normalized spacial score (nSPS) is 13.9. The van der Waals surface area contributed by atoms with Crippen LogP contribution in [-0.4, -0.2) is 0 Å². The van der Waals surface area contributed by atoms with E-state index in [4.69, 9.17) is 4.42 Å². The first kappa shape index (κ1) is 44.4. The topological polar surface area (TPSA) is 13.1 Å². The van der Waals surface area contributed by atoms with Gasteiger partial charge in [-0.05, 0) is 125 Å². The van der Waals surface area contributed by atoms with Gasteiger partial charge in [0.05, 0.1) is 5.41 Å². The van der Waals surface area contributed by atoms with Crippen LogP contribution >= 0.6 is 0 Å². The monoisotopic (exact) mass is 956 g/mol.